The highest BCUT2D eigenvalue weighted by atomic mass is 35.5. The number of fused-ring (bicyclic) bond motifs is 1. The zero-order chi connectivity index (χ0) is 25.9. The van der Waals surface area contributed by atoms with E-state index in [1.54, 1.807) is 30.3 Å². The van der Waals surface area contributed by atoms with Gasteiger partial charge < -0.3 is 9.73 Å². The van der Waals surface area contributed by atoms with Gasteiger partial charge in [-0.05, 0) is 67.6 Å². The maximum atomic E-state index is 13.0. The molecule has 1 aliphatic carbocycles. The summed E-state index contributed by atoms with van der Waals surface area (Å²) in [7, 11) is 0. The number of anilines is 1. The Labute approximate surface area is 220 Å². The second-order valence-electron chi connectivity index (χ2n) is 9.02. The Bertz CT molecular complexity index is 1510. The Kier molecular flexibility index (Phi) is 6.93. The Morgan fingerprint density at radius 3 is 2.32 bits per heavy atom. The van der Waals surface area contributed by atoms with Gasteiger partial charge in [-0.15, -0.1) is 0 Å². The number of benzene rings is 3. The third kappa shape index (κ3) is 5.06. The first-order valence-corrected chi connectivity index (χ1v) is 12.5. The van der Waals surface area contributed by atoms with Crippen LogP contribution in [-0.4, -0.2) is 17.5 Å². The Morgan fingerprint density at radius 1 is 0.838 bits per heavy atom. The molecule has 0 aliphatic heterocycles. The number of carbonyl (C=O) groups is 2. The van der Waals surface area contributed by atoms with Crippen molar-refractivity contribution >= 4 is 34.8 Å². The molecular formula is C30H26ClN3O3. The van der Waals surface area contributed by atoms with Crippen LogP contribution in [0.5, 0.6) is 0 Å². The molecule has 6 nitrogen and oxygen atoms in total. The van der Waals surface area contributed by atoms with Crippen LogP contribution in [0, 0.1) is 13.8 Å². The van der Waals surface area contributed by atoms with Crippen molar-refractivity contribution < 1.29 is 14.0 Å². The van der Waals surface area contributed by atoms with Gasteiger partial charge in [-0.3, -0.25) is 9.59 Å². The van der Waals surface area contributed by atoms with Crippen LogP contribution < -0.4 is 10.7 Å². The zero-order valence-corrected chi connectivity index (χ0v) is 21.4. The molecule has 7 heteroatoms. The minimum atomic E-state index is -0.348. The van der Waals surface area contributed by atoms with E-state index in [4.69, 9.17) is 16.0 Å². The summed E-state index contributed by atoms with van der Waals surface area (Å²) in [5, 5.41) is 7.90. The van der Waals surface area contributed by atoms with Gasteiger partial charge in [0.25, 0.3) is 11.8 Å². The van der Waals surface area contributed by atoms with Crippen LogP contribution in [0.4, 0.5) is 5.69 Å². The second-order valence-corrected chi connectivity index (χ2v) is 9.42. The lowest BCUT2D eigenvalue weighted by molar-refractivity contribution is 0.0953. The van der Waals surface area contributed by atoms with E-state index in [1.807, 2.05) is 56.3 Å². The van der Waals surface area contributed by atoms with E-state index in [2.05, 4.69) is 15.8 Å². The summed E-state index contributed by atoms with van der Waals surface area (Å²) < 4.78 is 5.98. The highest BCUT2D eigenvalue weighted by Gasteiger charge is 2.28. The van der Waals surface area contributed by atoms with E-state index >= 15 is 0 Å². The monoisotopic (exact) mass is 511 g/mol. The largest absolute Gasteiger partial charge is 0.455 e. The molecular weight excluding hydrogens is 486 g/mol. The van der Waals surface area contributed by atoms with E-state index in [1.165, 1.54) is 0 Å². The Morgan fingerprint density at radius 2 is 1.57 bits per heavy atom. The smallest absolute Gasteiger partial charge is 0.291 e. The van der Waals surface area contributed by atoms with E-state index in [0.29, 0.717) is 46.2 Å². The number of nitrogens with one attached hydrogen (secondary N) is 2. The number of rotatable bonds is 5. The summed E-state index contributed by atoms with van der Waals surface area (Å²) in [4.78, 5) is 25.8. The molecule has 2 N–H and O–H groups in total. The molecule has 2 amide bonds. The number of hydrazone groups is 1. The molecule has 0 saturated heterocycles. The maximum Gasteiger partial charge on any atom is 0.291 e. The first-order chi connectivity index (χ1) is 17.9. The van der Waals surface area contributed by atoms with Crippen molar-refractivity contribution in [2.24, 2.45) is 5.10 Å². The van der Waals surface area contributed by atoms with Crippen LogP contribution in [0.3, 0.4) is 0 Å². The lowest BCUT2D eigenvalue weighted by atomic mass is 9.93. The van der Waals surface area contributed by atoms with Crippen molar-refractivity contribution in [3.05, 3.63) is 112 Å². The van der Waals surface area contributed by atoms with Crippen LogP contribution in [0.1, 0.15) is 56.2 Å². The number of aryl methyl sites for hydroxylation is 1. The quantitative estimate of drug-likeness (QED) is 0.285. The highest BCUT2D eigenvalue weighted by Crippen LogP contribution is 2.31. The number of hydrogen-bond donors (Lipinski definition) is 2. The van der Waals surface area contributed by atoms with Crippen LogP contribution >= 0.6 is 11.6 Å². The SMILES string of the molecule is Cc1c(Cl)cccc1NC(=O)c1oc2c(c1C)/C(=N/NC(=O)c1ccc(-c3ccccc3)cc1)CCC2. The first-order valence-electron chi connectivity index (χ1n) is 12.1. The summed E-state index contributed by atoms with van der Waals surface area (Å²) in [6, 6.07) is 22.8. The van der Waals surface area contributed by atoms with E-state index in [0.717, 1.165) is 28.7 Å². The minimum Gasteiger partial charge on any atom is -0.455 e. The fourth-order valence-corrected chi connectivity index (χ4v) is 4.72. The molecule has 1 aromatic heterocycles. The van der Waals surface area contributed by atoms with Crippen molar-refractivity contribution in [1.29, 1.82) is 0 Å². The van der Waals surface area contributed by atoms with Crippen LogP contribution in [0.15, 0.2) is 82.3 Å². The van der Waals surface area contributed by atoms with Crippen molar-refractivity contribution in [3.63, 3.8) is 0 Å². The van der Waals surface area contributed by atoms with Gasteiger partial charge in [0.1, 0.15) is 5.76 Å². The molecule has 0 radical (unpaired) electrons. The van der Waals surface area contributed by atoms with Gasteiger partial charge in [0, 0.05) is 33.8 Å². The summed E-state index contributed by atoms with van der Waals surface area (Å²) in [5.41, 5.74) is 8.93. The molecule has 1 heterocycles. The standard InChI is InChI=1S/C30H26ClN3O3/c1-18-23(31)10-6-11-24(18)32-30(36)28-19(2)27-25(12-7-13-26(27)37-28)33-34-29(35)22-16-14-21(15-17-22)20-8-4-3-5-9-20/h3-6,8-11,14-17H,7,12-13H2,1-2H3,(H,32,36)(H,34,35)/b33-25+. The summed E-state index contributed by atoms with van der Waals surface area (Å²) in [6.07, 6.45) is 2.19. The highest BCUT2D eigenvalue weighted by molar-refractivity contribution is 6.31. The third-order valence-electron chi connectivity index (χ3n) is 6.59. The van der Waals surface area contributed by atoms with Crippen molar-refractivity contribution in [1.82, 2.24) is 5.43 Å². The van der Waals surface area contributed by atoms with Crippen molar-refractivity contribution in [2.45, 2.75) is 33.1 Å². The van der Waals surface area contributed by atoms with E-state index in [9.17, 15) is 9.59 Å². The Balaban J connectivity index is 1.33. The lowest BCUT2D eigenvalue weighted by Gasteiger charge is -2.13. The first kappa shape index (κ1) is 24.5. The molecule has 0 spiro atoms. The van der Waals surface area contributed by atoms with Crippen LogP contribution in [0.2, 0.25) is 5.02 Å². The number of nitrogens with zero attached hydrogens (tertiary/aromatic N) is 1. The fraction of sp³-hybridized carbons (Fsp3) is 0.167. The predicted molar refractivity (Wildman–Crippen MR) is 146 cm³/mol. The number of furan rings is 1. The van der Waals surface area contributed by atoms with Gasteiger partial charge in [-0.25, -0.2) is 5.43 Å². The molecule has 0 saturated carbocycles. The summed E-state index contributed by atoms with van der Waals surface area (Å²) in [6.45, 7) is 3.69. The number of halogens is 1. The molecule has 186 valence electrons. The van der Waals surface area contributed by atoms with Gasteiger partial charge in [0.2, 0.25) is 0 Å². The minimum absolute atomic E-state index is 0.238. The van der Waals surface area contributed by atoms with Crippen LogP contribution in [0.25, 0.3) is 11.1 Å². The molecule has 1 aliphatic rings. The lowest BCUT2D eigenvalue weighted by Crippen LogP contribution is -2.22. The van der Waals surface area contributed by atoms with E-state index < -0.39 is 0 Å². The average Bonchev–Trinajstić information content (AvgIpc) is 3.27. The average molecular weight is 512 g/mol. The number of carbonyl (C=O) groups excluding carboxylic acids is 2. The predicted octanol–water partition coefficient (Wildman–Crippen LogP) is 6.94. The fourth-order valence-electron chi connectivity index (χ4n) is 4.55. The number of hydrogen-bond acceptors (Lipinski definition) is 4. The van der Waals surface area contributed by atoms with Crippen molar-refractivity contribution in [3.8, 4) is 11.1 Å². The molecule has 5 rings (SSSR count). The van der Waals surface area contributed by atoms with Gasteiger partial charge in [-0.2, -0.15) is 5.10 Å². The van der Waals surface area contributed by atoms with Crippen LogP contribution in [-0.2, 0) is 6.42 Å². The zero-order valence-electron chi connectivity index (χ0n) is 20.6. The third-order valence-corrected chi connectivity index (χ3v) is 7.00. The summed E-state index contributed by atoms with van der Waals surface area (Å²) in [5.74, 6) is 0.299. The molecule has 0 bridgehead atoms. The van der Waals surface area contributed by atoms with Gasteiger partial charge >= 0.3 is 0 Å². The normalized spacial score (nSPS) is 13.8. The van der Waals surface area contributed by atoms with Crippen molar-refractivity contribution in [2.75, 3.05) is 5.32 Å². The Hall–Kier alpha value is -4.16. The second kappa shape index (κ2) is 10.4. The van der Waals surface area contributed by atoms with E-state index in [-0.39, 0.29) is 17.6 Å². The topological polar surface area (TPSA) is 83.7 Å². The van der Waals surface area contributed by atoms with Gasteiger partial charge in [-0.1, -0.05) is 60.1 Å². The molecule has 0 unspecified atom stereocenters. The molecule has 0 atom stereocenters. The molecule has 0 fully saturated rings. The maximum absolute atomic E-state index is 13.0. The van der Waals surface area contributed by atoms with Gasteiger partial charge in [0.15, 0.2) is 5.76 Å². The molecule has 37 heavy (non-hydrogen) atoms. The summed E-state index contributed by atoms with van der Waals surface area (Å²) >= 11 is 6.19. The van der Waals surface area contributed by atoms with Gasteiger partial charge in [0.05, 0.1) is 5.71 Å². The molecule has 4 aromatic rings. The molecule has 3 aromatic carbocycles. The number of amides is 2.